The third kappa shape index (κ3) is 2.46. The van der Waals surface area contributed by atoms with Crippen molar-refractivity contribution in [2.45, 2.75) is 19.3 Å². The molecule has 0 spiro atoms. The highest BCUT2D eigenvalue weighted by Crippen LogP contribution is 2.22. The van der Waals surface area contributed by atoms with E-state index in [2.05, 4.69) is 19.1 Å². The van der Waals surface area contributed by atoms with Gasteiger partial charge in [-0.3, -0.25) is 0 Å². The Morgan fingerprint density at radius 2 is 2.23 bits per heavy atom. The van der Waals surface area contributed by atoms with Gasteiger partial charge in [0.05, 0.1) is 7.11 Å². The normalized spacial score (nSPS) is 12.5. The van der Waals surface area contributed by atoms with Gasteiger partial charge in [0.2, 0.25) is 0 Å². The van der Waals surface area contributed by atoms with E-state index in [-0.39, 0.29) is 0 Å². The van der Waals surface area contributed by atoms with Gasteiger partial charge in [-0.25, -0.2) is 0 Å². The molecule has 1 unspecified atom stereocenters. The summed E-state index contributed by atoms with van der Waals surface area (Å²) in [6, 6.07) is 8.11. The molecule has 1 aromatic rings. The maximum atomic E-state index is 5.67. The van der Waals surface area contributed by atoms with E-state index < -0.39 is 0 Å². The lowest BCUT2D eigenvalue weighted by molar-refractivity contribution is 0.413. The van der Waals surface area contributed by atoms with Gasteiger partial charge < -0.3 is 10.5 Å². The number of hydrogen-bond donors (Lipinski definition) is 1. The molecule has 72 valence electrons. The highest BCUT2D eigenvalue weighted by atomic mass is 16.5. The molecule has 2 N–H and O–H groups in total. The smallest absolute Gasteiger partial charge is 0.119 e. The maximum absolute atomic E-state index is 5.67. The Hall–Kier alpha value is -1.02. The molecule has 2 heteroatoms. The predicted octanol–water partition coefficient (Wildman–Crippen LogP) is 2.15. The second-order valence-corrected chi connectivity index (χ2v) is 3.12. The molecule has 0 aliphatic rings. The van der Waals surface area contributed by atoms with Crippen LogP contribution in [0.15, 0.2) is 24.3 Å². The van der Waals surface area contributed by atoms with E-state index in [0.717, 1.165) is 12.2 Å². The van der Waals surface area contributed by atoms with Crippen molar-refractivity contribution in [1.82, 2.24) is 0 Å². The van der Waals surface area contributed by atoms with Gasteiger partial charge in [0.25, 0.3) is 0 Å². The van der Waals surface area contributed by atoms with Crippen molar-refractivity contribution in [3.05, 3.63) is 29.8 Å². The number of ether oxygens (including phenoxy) is 1. The minimum atomic E-state index is 0.454. The Balaban J connectivity index is 2.86. The minimum Gasteiger partial charge on any atom is -0.497 e. The zero-order valence-electron chi connectivity index (χ0n) is 8.29. The molecule has 0 fully saturated rings. The lowest BCUT2D eigenvalue weighted by atomic mass is 9.97. The lowest BCUT2D eigenvalue weighted by Gasteiger charge is -2.13. The topological polar surface area (TPSA) is 35.2 Å². The molecule has 0 aromatic heterocycles. The number of hydrogen-bond acceptors (Lipinski definition) is 2. The summed E-state index contributed by atoms with van der Waals surface area (Å²) in [7, 11) is 1.68. The highest BCUT2D eigenvalue weighted by Gasteiger charge is 2.06. The van der Waals surface area contributed by atoms with E-state index in [9.17, 15) is 0 Å². The van der Waals surface area contributed by atoms with Crippen LogP contribution in [-0.4, -0.2) is 13.7 Å². The molecule has 0 radical (unpaired) electrons. The van der Waals surface area contributed by atoms with E-state index >= 15 is 0 Å². The van der Waals surface area contributed by atoms with Gasteiger partial charge in [-0.1, -0.05) is 19.1 Å². The summed E-state index contributed by atoms with van der Waals surface area (Å²) >= 11 is 0. The molecular formula is C11H17NO. The molecule has 0 saturated heterocycles. The molecular weight excluding hydrogens is 162 g/mol. The average molecular weight is 179 g/mol. The second kappa shape index (κ2) is 4.87. The minimum absolute atomic E-state index is 0.454. The first-order valence-electron chi connectivity index (χ1n) is 4.65. The Labute approximate surface area is 79.7 Å². The zero-order chi connectivity index (χ0) is 9.68. The molecule has 2 nitrogen and oxygen atoms in total. The predicted molar refractivity (Wildman–Crippen MR) is 55.1 cm³/mol. The van der Waals surface area contributed by atoms with Gasteiger partial charge in [0.1, 0.15) is 5.75 Å². The highest BCUT2D eigenvalue weighted by molar-refractivity contribution is 5.30. The van der Waals surface area contributed by atoms with Crippen LogP contribution in [0.5, 0.6) is 5.75 Å². The van der Waals surface area contributed by atoms with Crippen LogP contribution in [0.1, 0.15) is 24.8 Å². The summed E-state index contributed by atoms with van der Waals surface area (Å²) in [5.74, 6) is 1.36. The van der Waals surface area contributed by atoms with Gasteiger partial charge in [-0.15, -0.1) is 0 Å². The average Bonchev–Trinajstić information content (AvgIpc) is 2.20. The van der Waals surface area contributed by atoms with Crippen LogP contribution in [0.4, 0.5) is 0 Å². The molecule has 1 atom stereocenters. The van der Waals surface area contributed by atoms with Crippen LogP contribution in [0, 0.1) is 0 Å². The van der Waals surface area contributed by atoms with Gasteiger partial charge in [-0.2, -0.15) is 0 Å². The Bertz CT molecular complexity index is 256. The lowest BCUT2D eigenvalue weighted by Crippen LogP contribution is -2.11. The van der Waals surface area contributed by atoms with Crippen molar-refractivity contribution >= 4 is 0 Å². The Kier molecular flexibility index (Phi) is 3.77. The van der Waals surface area contributed by atoms with Crippen molar-refractivity contribution in [2.24, 2.45) is 5.73 Å². The molecule has 0 heterocycles. The van der Waals surface area contributed by atoms with Gasteiger partial charge in [0.15, 0.2) is 0 Å². The number of methoxy groups -OCH3 is 1. The molecule has 13 heavy (non-hydrogen) atoms. The molecule has 0 aliphatic heterocycles. The fraction of sp³-hybridized carbons (Fsp3) is 0.455. The van der Waals surface area contributed by atoms with Crippen LogP contribution in [0.25, 0.3) is 0 Å². The summed E-state index contributed by atoms with van der Waals surface area (Å²) in [5, 5.41) is 0. The molecule has 0 aliphatic carbocycles. The Morgan fingerprint density at radius 3 is 2.77 bits per heavy atom. The van der Waals surface area contributed by atoms with Crippen molar-refractivity contribution in [3.8, 4) is 5.75 Å². The van der Waals surface area contributed by atoms with E-state index in [1.807, 2.05) is 12.1 Å². The van der Waals surface area contributed by atoms with E-state index in [1.54, 1.807) is 7.11 Å². The fourth-order valence-electron chi connectivity index (χ4n) is 1.43. The van der Waals surface area contributed by atoms with Crippen LogP contribution in [0.2, 0.25) is 0 Å². The van der Waals surface area contributed by atoms with Crippen molar-refractivity contribution < 1.29 is 4.74 Å². The second-order valence-electron chi connectivity index (χ2n) is 3.12. The summed E-state index contributed by atoms with van der Waals surface area (Å²) < 4.78 is 5.15. The third-order valence-corrected chi connectivity index (χ3v) is 2.34. The molecule has 1 aromatic carbocycles. The van der Waals surface area contributed by atoms with Crippen LogP contribution in [0.3, 0.4) is 0 Å². The number of benzene rings is 1. The standard InChI is InChI=1S/C11H17NO/c1-3-9(8-12)10-5-4-6-11(7-10)13-2/h4-7,9H,3,8,12H2,1-2H3. The summed E-state index contributed by atoms with van der Waals surface area (Å²) in [5.41, 5.74) is 6.93. The first-order chi connectivity index (χ1) is 6.31. The van der Waals surface area contributed by atoms with Crippen LogP contribution in [-0.2, 0) is 0 Å². The van der Waals surface area contributed by atoms with Crippen molar-refractivity contribution in [1.29, 1.82) is 0 Å². The summed E-state index contributed by atoms with van der Waals surface area (Å²) in [6.45, 7) is 2.85. The maximum Gasteiger partial charge on any atom is 0.119 e. The van der Waals surface area contributed by atoms with Gasteiger partial charge >= 0.3 is 0 Å². The Morgan fingerprint density at radius 1 is 1.46 bits per heavy atom. The van der Waals surface area contributed by atoms with Crippen LogP contribution >= 0.6 is 0 Å². The quantitative estimate of drug-likeness (QED) is 0.768. The molecule has 0 saturated carbocycles. The van der Waals surface area contributed by atoms with Gasteiger partial charge in [0, 0.05) is 0 Å². The first kappa shape index (κ1) is 10.1. The van der Waals surface area contributed by atoms with Crippen molar-refractivity contribution in [2.75, 3.05) is 13.7 Å². The van der Waals surface area contributed by atoms with E-state index in [1.165, 1.54) is 5.56 Å². The number of nitrogens with two attached hydrogens (primary N) is 1. The van der Waals surface area contributed by atoms with Crippen molar-refractivity contribution in [3.63, 3.8) is 0 Å². The molecule has 0 bridgehead atoms. The van der Waals surface area contributed by atoms with Crippen LogP contribution < -0.4 is 10.5 Å². The van der Waals surface area contributed by atoms with E-state index in [0.29, 0.717) is 12.5 Å². The molecule has 0 amide bonds. The number of rotatable bonds is 4. The fourth-order valence-corrected chi connectivity index (χ4v) is 1.43. The largest absolute Gasteiger partial charge is 0.497 e. The first-order valence-corrected chi connectivity index (χ1v) is 4.65. The van der Waals surface area contributed by atoms with Gasteiger partial charge in [-0.05, 0) is 36.6 Å². The summed E-state index contributed by atoms with van der Waals surface area (Å²) in [6.07, 6.45) is 1.07. The summed E-state index contributed by atoms with van der Waals surface area (Å²) in [4.78, 5) is 0. The molecule has 1 rings (SSSR count). The zero-order valence-corrected chi connectivity index (χ0v) is 8.29. The SMILES string of the molecule is CCC(CN)c1cccc(OC)c1. The monoisotopic (exact) mass is 179 g/mol. The van der Waals surface area contributed by atoms with E-state index in [4.69, 9.17) is 10.5 Å². The third-order valence-electron chi connectivity index (χ3n) is 2.34.